The SMILES string of the molecule is CC(C)CCNC(=O)c1ccc(N2CCCC(C)C2)nn1. The molecule has 21 heavy (non-hydrogen) atoms. The van der Waals surface area contributed by atoms with E-state index in [0.29, 0.717) is 24.1 Å². The van der Waals surface area contributed by atoms with E-state index in [2.05, 4.69) is 41.2 Å². The van der Waals surface area contributed by atoms with Crippen LogP contribution in [0.2, 0.25) is 0 Å². The quantitative estimate of drug-likeness (QED) is 0.905. The van der Waals surface area contributed by atoms with Crippen LogP contribution in [0.4, 0.5) is 5.82 Å². The second-order valence-electron chi connectivity index (χ2n) is 6.41. The van der Waals surface area contributed by atoms with E-state index in [1.807, 2.05) is 6.07 Å². The molecule has 0 aliphatic carbocycles. The van der Waals surface area contributed by atoms with Crippen LogP contribution >= 0.6 is 0 Å². The molecule has 0 aromatic carbocycles. The molecule has 0 bridgehead atoms. The third-order valence-corrected chi connectivity index (χ3v) is 3.87. The molecule has 1 N–H and O–H groups in total. The first-order chi connectivity index (χ1) is 10.1. The Bertz CT molecular complexity index is 458. The van der Waals surface area contributed by atoms with Gasteiger partial charge in [0.25, 0.3) is 5.91 Å². The molecule has 2 rings (SSSR count). The van der Waals surface area contributed by atoms with Crippen LogP contribution in [-0.4, -0.2) is 35.7 Å². The van der Waals surface area contributed by atoms with Gasteiger partial charge in [-0.3, -0.25) is 4.79 Å². The molecule has 2 heterocycles. The summed E-state index contributed by atoms with van der Waals surface area (Å²) in [5, 5.41) is 11.2. The van der Waals surface area contributed by atoms with Gasteiger partial charge in [-0.15, -0.1) is 10.2 Å². The van der Waals surface area contributed by atoms with Gasteiger partial charge in [0, 0.05) is 19.6 Å². The molecule has 1 fully saturated rings. The van der Waals surface area contributed by atoms with Crippen LogP contribution in [0.3, 0.4) is 0 Å². The zero-order valence-corrected chi connectivity index (χ0v) is 13.3. The maximum absolute atomic E-state index is 11.9. The maximum atomic E-state index is 11.9. The van der Waals surface area contributed by atoms with E-state index in [0.717, 1.165) is 25.3 Å². The van der Waals surface area contributed by atoms with Crippen LogP contribution in [-0.2, 0) is 0 Å². The van der Waals surface area contributed by atoms with E-state index in [1.165, 1.54) is 12.8 Å². The molecule has 1 unspecified atom stereocenters. The number of anilines is 1. The van der Waals surface area contributed by atoms with Gasteiger partial charge in [0.2, 0.25) is 0 Å². The van der Waals surface area contributed by atoms with Gasteiger partial charge >= 0.3 is 0 Å². The Kier molecular flexibility index (Phi) is 5.53. The Hall–Kier alpha value is -1.65. The molecule has 1 aromatic rings. The van der Waals surface area contributed by atoms with Crippen LogP contribution in [0.15, 0.2) is 12.1 Å². The Labute approximate surface area is 127 Å². The molecule has 1 atom stereocenters. The number of nitrogens with one attached hydrogen (secondary N) is 1. The Balaban J connectivity index is 1.90. The Morgan fingerprint density at radius 3 is 2.86 bits per heavy atom. The molecule has 0 radical (unpaired) electrons. The van der Waals surface area contributed by atoms with Crippen molar-refractivity contribution in [3.05, 3.63) is 17.8 Å². The van der Waals surface area contributed by atoms with Crippen LogP contribution in [0, 0.1) is 11.8 Å². The number of aromatic nitrogens is 2. The van der Waals surface area contributed by atoms with E-state index in [4.69, 9.17) is 0 Å². The Morgan fingerprint density at radius 1 is 1.43 bits per heavy atom. The highest BCUT2D eigenvalue weighted by molar-refractivity contribution is 5.92. The number of hydrogen-bond donors (Lipinski definition) is 1. The number of hydrogen-bond acceptors (Lipinski definition) is 4. The number of nitrogens with zero attached hydrogens (tertiary/aromatic N) is 3. The van der Waals surface area contributed by atoms with Crippen molar-refractivity contribution in [1.82, 2.24) is 15.5 Å². The summed E-state index contributed by atoms with van der Waals surface area (Å²) in [7, 11) is 0. The normalized spacial score (nSPS) is 18.9. The highest BCUT2D eigenvalue weighted by Crippen LogP contribution is 2.20. The molecule has 5 heteroatoms. The summed E-state index contributed by atoms with van der Waals surface area (Å²) in [6.45, 7) is 9.27. The largest absolute Gasteiger partial charge is 0.355 e. The number of amides is 1. The fraction of sp³-hybridized carbons (Fsp3) is 0.688. The molecule has 1 aliphatic rings. The third kappa shape index (κ3) is 4.69. The van der Waals surface area contributed by atoms with Gasteiger partial charge in [-0.1, -0.05) is 20.8 Å². The van der Waals surface area contributed by atoms with Crippen molar-refractivity contribution in [3.63, 3.8) is 0 Å². The lowest BCUT2D eigenvalue weighted by atomic mass is 10.0. The smallest absolute Gasteiger partial charge is 0.271 e. The molecule has 1 aromatic heterocycles. The summed E-state index contributed by atoms with van der Waals surface area (Å²) >= 11 is 0. The monoisotopic (exact) mass is 290 g/mol. The van der Waals surface area contributed by atoms with E-state index < -0.39 is 0 Å². The molecule has 0 spiro atoms. The molecular formula is C16H26N4O. The molecular weight excluding hydrogens is 264 g/mol. The molecule has 0 saturated carbocycles. The van der Waals surface area contributed by atoms with Crippen molar-refractivity contribution in [1.29, 1.82) is 0 Å². The zero-order valence-electron chi connectivity index (χ0n) is 13.3. The minimum atomic E-state index is -0.137. The molecule has 1 saturated heterocycles. The average molecular weight is 290 g/mol. The van der Waals surface area contributed by atoms with Gasteiger partial charge in [-0.05, 0) is 43.2 Å². The predicted octanol–water partition coefficient (Wildman–Crippen LogP) is 2.49. The van der Waals surface area contributed by atoms with Crippen molar-refractivity contribution in [3.8, 4) is 0 Å². The van der Waals surface area contributed by atoms with E-state index in [9.17, 15) is 4.79 Å². The van der Waals surface area contributed by atoms with Crippen LogP contribution in [0.25, 0.3) is 0 Å². The lowest BCUT2D eigenvalue weighted by molar-refractivity contribution is 0.0946. The zero-order chi connectivity index (χ0) is 15.2. The second kappa shape index (κ2) is 7.38. The van der Waals surface area contributed by atoms with Crippen molar-refractivity contribution < 1.29 is 4.79 Å². The van der Waals surface area contributed by atoms with Gasteiger partial charge in [0.1, 0.15) is 0 Å². The average Bonchev–Trinajstić information content (AvgIpc) is 2.47. The lowest BCUT2D eigenvalue weighted by Gasteiger charge is -2.31. The Morgan fingerprint density at radius 2 is 2.24 bits per heavy atom. The van der Waals surface area contributed by atoms with Gasteiger partial charge in [0.15, 0.2) is 11.5 Å². The van der Waals surface area contributed by atoms with Crippen molar-refractivity contribution in [2.24, 2.45) is 11.8 Å². The first-order valence-corrected chi connectivity index (χ1v) is 7.93. The number of carbonyl (C=O) groups excluding carboxylic acids is 1. The minimum Gasteiger partial charge on any atom is -0.355 e. The summed E-state index contributed by atoms with van der Waals surface area (Å²) in [6, 6.07) is 3.68. The second-order valence-corrected chi connectivity index (χ2v) is 6.41. The number of carbonyl (C=O) groups is 1. The van der Waals surface area contributed by atoms with Gasteiger partial charge in [0.05, 0.1) is 0 Å². The predicted molar refractivity (Wildman–Crippen MR) is 84.4 cm³/mol. The van der Waals surface area contributed by atoms with E-state index >= 15 is 0 Å². The van der Waals surface area contributed by atoms with Gasteiger partial charge < -0.3 is 10.2 Å². The van der Waals surface area contributed by atoms with Crippen molar-refractivity contribution >= 4 is 11.7 Å². The highest BCUT2D eigenvalue weighted by Gasteiger charge is 2.18. The highest BCUT2D eigenvalue weighted by atomic mass is 16.1. The van der Waals surface area contributed by atoms with Crippen LogP contribution in [0.5, 0.6) is 0 Å². The first-order valence-electron chi connectivity index (χ1n) is 7.93. The summed E-state index contributed by atoms with van der Waals surface area (Å²) < 4.78 is 0. The summed E-state index contributed by atoms with van der Waals surface area (Å²) in [6.07, 6.45) is 3.45. The fourth-order valence-corrected chi connectivity index (χ4v) is 2.58. The maximum Gasteiger partial charge on any atom is 0.271 e. The molecule has 1 aliphatic heterocycles. The first kappa shape index (κ1) is 15.7. The minimum absolute atomic E-state index is 0.137. The van der Waals surface area contributed by atoms with Crippen molar-refractivity contribution in [2.75, 3.05) is 24.5 Å². The van der Waals surface area contributed by atoms with Crippen molar-refractivity contribution in [2.45, 2.75) is 40.0 Å². The summed E-state index contributed by atoms with van der Waals surface area (Å²) in [5.74, 6) is 2.02. The van der Waals surface area contributed by atoms with Gasteiger partial charge in [-0.25, -0.2) is 0 Å². The van der Waals surface area contributed by atoms with E-state index in [-0.39, 0.29) is 5.91 Å². The standard InChI is InChI=1S/C16H26N4O/c1-12(2)8-9-17-16(21)14-6-7-15(19-18-14)20-10-4-5-13(3)11-20/h6-7,12-13H,4-5,8-11H2,1-3H3,(H,17,21). The summed E-state index contributed by atoms with van der Waals surface area (Å²) in [5.41, 5.74) is 0.396. The third-order valence-electron chi connectivity index (χ3n) is 3.87. The summed E-state index contributed by atoms with van der Waals surface area (Å²) in [4.78, 5) is 14.2. The van der Waals surface area contributed by atoms with Crippen LogP contribution < -0.4 is 10.2 Å². The topological polar surface area (TPSA) is 58.1 Å². The lowest BCUT2D eigenvalue weighted by Crippen LogP contribution is -2.35. The fourth-order valence-electron chi connectivity index (χ4n) is 2.58. The number of rotatable bonds is 5. The molecule has 1 amide bonds. The van der Waals surface area contributed by atoms with E-state index in [1.54, 1.807) is 6.07 Å². The van der Waals surface area contributed by atoms with Crippen LogP contribution in [0.1, 0.15) is 50.5 Å². The molecule has 116 valence electrons. The molecule has 5 nitrogen and oxygen atoms in total. The van der Waals surface area contributed by atoms with Gasteiger partial charge in [-0.2, -0.15) is 0 Å². The number of piperidine rings is 1.